The van der Waals surface area contributed by atoms with Gasteiger partial charge in [-0.1, -0.05) is 42.0 Å². The van der Waals surface area contributed by atoms with Crippen LogP contribution in [0.5, 0.6) is 5.75 Å². The summed E-state index contributed by atoms with van der Waals surface area (Å²) in [5, 5.41) is 4.42. The Kier molecular flexibility index (Phi) is 10.6. The second-order valence-corrected chi connectivity index (χ2v) is 15.7. The van der Waals surface area contributed by atoms with Crippen molar-refractivity contribution in [3.05, 3.63) is 69.7 Å². The van der Waals surface area contributed by atoms with Gasteiger partial charge in [-0.25, -0.2) is 4.98 Å². The van der Waals surface area contributed by atoms with Crippen LogP contribution in [0.25, 0.3) is 10.6 Å². The summed E-state index contributed by atoms with van der Waals surface area (Å²) in [6.07, 6.45) is 2.09. The number of hydrogen-bond acceptors (Lipinski definition) is 9. The minimum atomic E-state index is -0.230. The van der Waals surface area contributed by atoms with E-state index in [2.05, 4.69) is 43.4 Å². The number of carbonyl (C=O) groups is 2. The van der Waals surface area contributed by atoms with Crippen LogP contribution in [0.15, 0.2) is 42.5 Å². The lowest BCUT2D eigenvalue weighted by Crippen LogP contribution is -2.51. The van der Waals surface area contributed by atoms with Crippen molar-refractivity contribution in [2.45, 2.75) is 58.0 Å². The Morgan fingerprint density at radius 1 is 1.09 bits per heavy atom. The number of benzene rings is 2. The zero-order valence-electron chi connectivity index (χ0n) is 27.9. The molecule has 9 nitrogen and oxygen atoms in total. The van der Waals surface area contributed by atoms with Crippen LogP contribution in [0.1, 0.15) is 57.2 Å². The third-order valence-corrected chi connectivity index (χ3v) is 12.4. The maximum absolute atomic E-state index is 13.8. The molecule has 2 aromatic carbocycles. The predicted molar refractivity (Wildman–Crippen MR) is 191 cm³/mol. The van der Waals surface area contributed by atoms with Gasteiger partial charge in [0.1, 0.15) is 15.6 Å². The predicted octanol–water partition coefficient (Wildman–Crippen LogP) is 4.75. The van der Waals surface area contributed by atoms with Gasteiger partial charge >= 0.3 is 0 Å². The summed E-state index contributed by atoms with van der Waals surface area (Å²) in [4.78, 5) is 36.6. The molecule has 6 rings (SSSR count). The molecule has 0 saturated carbocycles. The van der Waals surface area contributed by atoms with Crippen molar-refractivity contribution in [2.24, 2.45) is 29.2 Å². The van der Waals surface area contributed by atoms with Crippen LogP contribution in [-0.4, -0.2) is 83.8 Å². The van der Waals surface area contributed by atoms with E-state index in [0.717, 1.165) is 59.1 Å². The second kappa shape index (κ2) is 14.7. The van der Waals surface area contributed by atoms with Crippen LogP contribution in [0.3, 0.4) is 0 Å². The number of amides is 2. The first-order chi connectivity index (χ1) is 22.6. The number of carbonyl (C=O) groups excluding carboxylic acids is 2. The lowest BCUT2D eigenvalue weighted by molar-refractivity contribution is -0.134. The third-order valence-electron chi connectivity index (χ3n) is 10.0. The van der Waals surface area contributed by atoms with Crippen molar-refractivity contribution in [3.63, 3.8) is 0 Å². The molecule has 0 radical (unpaired) electrons. The highest BCUT2D eigenvalue weighted by atomic mass is 32.2. The summed E-state index contributed by atoms with van der Waals surface area (Å²) in [6.45, 7) is 11.8. The van der Waals surface area contributed by atoms with E-state index >= 15 is 0 Å². The first kappa shape index (κ1) is 33.9. The number of piperidine rings is 1. The Hall–Kier alpha value is -2.96. The van der Waals surface area contributed by atoms with Crippen LogP contribution in [0.2, 0.25) is 0 Å². The van der Waals surface area contributed by atoms with Gasteiger partial charge in [-0.2, -0.15) is 0 Å². The molecule has 3 aliphatic heterocycles. The molecule has 1 aromatic heterocycles. The normalized spacial score (nSPS) is 25.3. The van der Waals surface area contributed by atoms with Crippen LogP contribution in [0.4, 0.5) is 0 Å². The Morgan fingerprint density at radius 2 is 1.87 bits per heavy atom. The fourth-order valence-corrected chi connectivity index (χ4v) is 9.53. The molecule has 3 aromatic rings. The summed E-state index contributed by atoms with van der Waals surface area (Å²) in [5.41, 5.74) is 17.6. The Morgan fingerprint density at radius 3 is 2.64 bits per heavy atom. The van der Waals surface area contributed by atoms with Crippen molar-refractivity contribution in [3.8, 4) is 16.3 Å². The van der Waals surface area contributed by atoms with E-state index in [4.69, 9.17) is 21.2 Å². The van der Waals surface area contributed by atoms with E-state index < -0.39 is 0 Å². The molecule has 3 saturated heterocycles. The summed E-state index contributed by atoms with van der Waals surface area (Å²) in [7, 11) is 0. The smallest absolute Gasteiger partial charge is 0.265 e. The first-order valence-electron chi connectivity index (χ1n) is 16.8. The van der Waals surface area contributed by atoms with E-state index in [0.29, 0.717) is 42.8 Å². The van der Waals surface area contributed by atoms with Gasteiger partial charge in [-0.3, -0.25) is 14.9 Å². The highest BCUT2D eigenvalue weighted by molar-refractivity contribution is 7.99. The number of thioether (sulfide) groups is 1. The monoisotopic (exact) mass is 676 g/mol. The number of nitrogens with zero attached hydrogens (tertiary/aromatic N) is 3. The second-order valence-electron chi connectivity index (χ2n) is 13.5. The highest BCUT2D eigenvalue weighted by Gasteiger charge is 2.38. The topological polar surface area (TPSA) is 127 Å². The van der Waals surface area contributed by atoms with Crippen LogP contribution >= 0.6 is 23.1 Å². The first-order valence-corrected chi connectivity index (χ1v) is 18.7. The average molecular weight is 677 g/mol. The van der Waals surface area contributed by atoms with E-state index in [9.17, 15) is 9.59 Å². The van der Waals surface area contributed by atoms with Gasteiger partial charge in [-0.05, 0) is 70.5 Å². The number of nitrogens with one attached hydrogen (secondary N) is 1. The lowest BCUT2D eigenvalue weighted by Gasteiger charge is -2.36. The van der Waals surface area contributed by atoms with E-state index in [1.807, 2.05) is 41.8 Å². The molecule has 6 unspecified atom stereocenters. The molecule has 2 amide bonds. The maximum atomic E-state index is 13.8. The average Bonchev–Trinajstić information content (AvgIpc) is 3.82. The summed E-state index contributed by atoms with van der Waals surface area (Å²) in [6, 6.07) is 14.3. The lowest BCUT2D eigenvalue weighted by atomic mass is 9.92. The number of rotatable bonds is 9. The van der Waals surface area contributed by atoms with Gasteiger partial charge in [0.25, 0.3) is 5.91 Å². The molecule has 3 fully saturated rings. The van der Waals surface area contributed by atoms with Gasteiger partial charge in [0, 0.05) is 55.0 Å². The maximum Gasteiger partial charge on any atom is 0.265 e. The van der Waals surface area contributed by atoms with Gasteiger partial charge in [0.05, 0.1) is 23.7 Å². The molecular weight excluding hydrogens is 629 g/mol. The molecular formula is C36H48N6O3S2. The summed E-state index contributed by atoms with van der Waals surface area (Å²) in [5.74, 6) is 2.31. The molecule has 47 heavy (non-hydrogen) atoms. The van der Waals surface area contributed by atoms with E-state index in [1.54, 1.807) is 11.8 Å². The molecule has 4 heterocycles. The minimum absolute atomic E-state index is 0.0144. The standard InChI is InChI=1S/C36H48N6O3S2/c1-21-11-12-28(22(2)14-21)34-39-24(4)32(47-34)36(44)42-17-26(15-37)27(18-42)19-45-31-10-6-5-9-29(31)33-40-30(20-46-33)35(43)41-13-7-8-25(16-41)23(3)38/h5-6,9-12,14,23,25-27,30,33,40H,7-8,13,15-20,37-38H2,1-4H3. The van der Waals surface area contributed by atoms with Crippen molar-refractivity contribution in [2.75, 3.05) is 45.1 Å². The number of para-hydroxylation sites is 1. The molecule has 0 aliphatic carbocycles. The van der Waals surface area contributed by atoms with Gasteiger partial charge in [-0.15, -0.1) is 23.1 Å². The molecule has 252 valence electrons. The fraction of sp³-hybridized carbons (Fsp3) is 0.528. The van der Waals surface area contributed by atoms with Gasteiger partial charge < -0.3 is 26.0 Å². The number of ether oxygens (including phenoxy) is 1. The summed E-state index contributed by atoms with van der Waals surface area (Å²) >= 11 is 3.21. The number of thiazole rings is 1. The number of nitrogens with two attached hydrogens (primary N) is 2. The number of hydrogen-bond donors (Lipinski definition) is 3. The SMILES string of the molecule is Cc1ccc(-c2nc(C)c(C(=O)N3CC(CN)C(COc4ccccc4C4NC(C(=O)N5CCCC(C(C)N)C5)CS4)C3)s2)c(C)c1. The van der Waals surface area contributed by atoms with Crippen molar-refractivity contribution in [1.29, 1.82) is 0 Å². The molecule has 3 aliphatic rings. The number of likely N-dealkylation sites (tertiary alicyclic amines) is 2. The Bertz CT molecular complexity index is 1590. The van der Waals surface area contributed by atoms with Crippen molar-refractivity contribution < 1.29 is 14.3 Å². The Balaban J connectivity index is 1.08. The van der Waals surface area contributed by atoms with Crippen molar-refractivity contribution >= 4 is 34.9 Å². The molecule has 5 N–H and O–H groups in total. The van der Waals surface area contributed by atoms with Crippen LogP contribution in [-0.2, 0) is 4.79 Å². The zero-order chi connectivity index (χ0) is 33.2. The number of aryl methyl sites for hydroxylation is 3. The van der Waals surface area contributed by atoms with Gasteiger partial charge in [0.15, 0.2) is 0 Å². The fourth-order valence-electron chi connectivity index (χ4n) is 7.15. The zero-order valence-corrected chi connectivity index (χ0v) is 29.5. The van der Waals surface area contributed by atoms with Crippen LogP contribution in [0, 0.1) is 38.5 Å². The van der Waals surface area contributed by atoms with E-state index in [1.165, 1.54) is 16.9 Å². The van der Waals surface area contributed by atoms with Crippen LogP contribution < -0.4 is 21.5 Å². The third kappa shape index (κ3) is 7.39. The minimum Gasteiger partial charge on any atom is -0.493 e. The number of aromatic nitrogens is 1. The molecule has 0 spiro atoms. The highest BCUT2D eigenvalue weighted by Crippen LogP contribution is 2.39. The van der Waals surface area contributed by atoms with Gasteiger partial charge in [0.2, 0.25) is 5.91 Å². The molecule has 11 heteroatoms. The quantitative estimate of drug-likeness (QED) is 0.297. The largest absolute Gasteiger partial charge is 0.493 e. The Labute approximate surface area is 286 Å². The van der Waals surface area contributed by atoms with E-state index in [-0.39, 0.29) is 41.1 Å². The molecule has 0 bridgehead atoms. The van der Waals surface area contributed by atoms with Crippen molar-refractivity contribution in [1.82, 2.24) is 20.1 Å². The molecule has 6 atom stereocenters. The summed E-state index contributed by atoms with van der Waals surface area (Å²) < 4.78 is 6.49.